The van der Waals surface area contributed by atoms with Crippen molar-refractivity contribution in [3.8, 4) is 0 Å². The van der Waals surface area contributed by atoms with Crippen LogP contribution in [0, 0.1) is 5.92 Å². The van der Waals surface area contributed by atoms with Gasteiger partial charge in [0.05, 0.1) is 5.92 Å². The molecule has 1 aliphatic carbocycles. The second-order valence-electron chi connectivity index (χ2n) is 5.78. The summed E-state index contributed by atoms with van der Waals surface area (Å²) in [6.45, 7) is 2.49. The fraction of sp³-hybridized carbons (Fsp3) is 0.562. The first kappa shape index (κ1) is 12.7. The number of fused-ring (bicyclic) bond motifs is 1. The van der Waals surface area contributed by atoms with Crippen LogP contribution in [0.3, 0.4) is 0 Å². The minimum atomic E-state index is -0.0219. The number of carbonyl (C=O) groups excluding carboxylic acids is 1. The lowest BCUT2D eigenvalue weighted by Gasteiger charge is -2.26. The van der Waals surface area contributed by atoms with Crippen molar-refractivity contribution in [2.24, 2.45) is 5.92 Å². The second-order valence-corrected chi connectivity index (χ2v) is 5.78. The lowest BCUT2D eigenvalue weighted by molar-refractivity contribution is -0.122. The third-order valence-corrected chi connectivity index (χ3v) is 4.45. The number of rotatable bonds is 3. The van der Waals surface area contributed by atoms with Crippen molar-refractivity contribution in [2.45, 2.75) is 38.1 Å². The van der Waals surface area contributed by atoms with Crippen molar-refractivity contribution < 1.29 is 4.79 Å². The van der Waals surface area contributed by atoms with E-state index in [4.69, 9.17) is 0 Å². The van der Waals surface area contributed by atoms with Crippen LogP contribution < -0.4 is 10.6 Å². The highest BCUT2D eigenvalue weighted by Gasteiger charge is 2.26. The van der Waals surface area contributed by atoms with Gasteiger partial charge < -0.3 is 10.6 Å². The molecule has 3 heteroatoms. The van der Waals surface area contributed by atoms with Crippen LogP contribution in [0.2, 0.25) is 0 Å². The van der Waals surface area contributed by atoms with Crippen LogP contribution in [0.25, 0.3) is 0 Å². The average molecular weight is 258 g/mol. The van der Waals surface area contributed by atoms with E-state index in [0.717, 1.165) is 19.6 Å². The molecule has 2 N–H and O–H groups in total. The van der Waals surface area contributed by atoms with Crippen molar-refractivity contribution in [3.05, 3.63) is 35.4 Å². The predicted octanol–water partition coefficient (Wildman–Crippen LogP) is 2.18. The first-order valence-electron chi connectivity index (χ1n) is 7.41. The zero-order chi connectivity index (χ0) is 13.1. The van der Waals surface area contributed by atoms with E-state index in [2.05, 4.69) is 22.8 Å². The zero-order valence-corrected chi connectivity index (χ0v) is 11.3. The summed E-state index contributed by atoms with van der Waals surface area (Å²) < 4.78 is 0. The average Bonchev–Trinajstić information content (AvgIpc) is 2.97. The Balaban J connectivity index is 1.64. The molecule has 1 aliphatic heterocycles. The molecule has 2 aliphatic rings. The van der Waals surface area contributed by atoms with E-state index >= 15 is 0 Å². The first-order valence-corrected chi connectivity index (χ1v) is 7.41. The number of carbonyl (C=O) groups is 1. The van der Waals surface area contributed by atoms with Crippen LogP contribution in [0.5, 0.6) is 0 Å². The minimum absolute atomic E-state index is 0.0219. The highest BCUT2D eigenvalue weighted by atomic mass is 16.1. The summed E-state index contributed by atoms with van der Waals surface area (Å²) in [6, 6.07) is 8.27. The van der Waals surface area contributed by atoms with Gasteiger partial charge in [0, 0.05) is 19.6 Å². The SMILES string of the molecule is O=C(NCC1CCCC1)C1CNCc2ccccc21. The van der Waals surface area contributed by atoms with Gasteiger partial charge in [-0.25, -0.2) is 0 Å². The van der Waals surface area contributed by atoms with Gasteiger partial charge in [0.2, 0.25) is 5.91 Å². The molecule has 19 heavy (non-hydrogen) atoms. The maximum atomic E-state index is 12.4. The second kappa shape index (κ2) is 5.74. The molecular weight excluding hydrogens is 236 g/mol. The Bertz CT molecular complexity index is 452. The van der Waals surface area contributed by atoms with Crippen LogP contribution in [-0.4, -0.2) is 19.0 Å². The molecule has 0 radical (unpaired) electrons. The molecule has 3 rings (SSSR count). The largest absolute Gasteiger partial charge is 0.355 e. The quantitative estimate of drug-likeness (QED) is 0.872. The van der Waals surface area contributed by atoms with Crippen LogP contribution in [0.1, 0.15) is 42.7 Å². The van der Waals surface area contributed by atoms with E-state index in [1.165, 1.54) is 36.8 Å². The maximum Gasteiger partial charge on any atom is 0.228 e. The number of amides is 1. The molecule has 0 saturated heterocycles. The summed E-state index contributed by atoms with van der Waals surface area (Å²) in [5, 5.41) is 6.50. The standard InChI is InChI=1S/C16H22N2O/c19-16(18-9-12-5-1-2-6-12)15-11-17-10-13-7-3-4-8-14(13)15/h3-4,7-8,12,15,17H,1-2,5-6,9-11H2,(H,18,19). The molecule has 102 valence electrons. The van der Waals surface area contributed by atoms with Gasteiger partial charge in [0.25, 0.3) is 0 Å². The van der Waals surface area contributed by atoms with Gasteiger partial charge in [-0.1, -0.05) is 37.1 Å². The Hall–Kier alpha value is -1.35. The highest BCUT2D eigenvalue weighted by Crippen LogP contribution is 2.26. The van der Waals surface area contributed by atoms with Crippen molar-refractivity contribution in [3.63, 3.8) is 0 Å². The summed E-state index contributed by atoms with van der Waals surface area (Å²) in [7, 11) is 0. The molecule has 1 heterocycles. The number of benzene rings is 1. The molecule has 1 amide bonds. The Morgan fingerprint density at radius 1 is 1.26 bits per heavy atom. The molecule has 0 aromatic heterocycles. The van der Waals surface area contributed by atoms with Crippen molar-refractivity contribution in [1.29, 1.82) is 0 Å². The van der Waals surface area contributed by atoms with E-state index < -0.39 is 0 Å². The molecular formula is C16H22N2O. The molecule has 0 spiro atoms. The molecule has 1 aromatic carbocycles. The molecule has 1 aromatic rings. The van der Waals surface area contributed by atoms with Gasteiger partial charge in [0.15, 0.2) is 0 Å². The van der Waals surface area contributed by atoms with Gasteiger partial charge in [-0.15, -0.1) is 0 Å². The van der Waals surface area contributed by atoms with Gasteiger partial charge in [-0.2, -0.15) is 0 Å². The summed E-state index contributed by atoms with van der Waals surface area (Å²) in [4.78, 5) is 12.4. The lowest BCUT2D eigenvalue weighted by atomic mass is 9.90. The van der Waals surface area contributed by atoms with Crippen LogP contribution in [0.15, 0.2) is 24.3 Å². The molecule has 1 fully saturated rings. The van der Waals surface area contributed by atoms with Crippen LogP contribution in [-0.2, 0) is 11.3 Å². The Labute approximate surface area is 114 Å². The Morgan fingerprint density at radius 3 is 2.89 bits per heavy atom. The van der Waals surface area contributed by atoms with Crippen molar-refractivity contribution in [1.82, 2.24) is 10.6 Å². The van der Waals surface area contributed by atoms with E-state index in [9.17, 15) is 4.79 Å². The van der Waals surface area contributed by atoms with E-state index in [1.54, 1.807) is 0 Å². The summed E-state index contributed by atoms with van der Waals surface area (Å²) in [6.07, 6.45) is 5.21. The normalized spacial score (nSPS) is 23.1. The lowest BCUT2D eigenvalue weighted by Crippen LogP contribution is -2.40. The van der Waals surface area contributed by atoms with Crippen molar-refractivity contribution >= 4 is 5.91 Å². The number of hydrogen-bond acceptors (Lipinski definition) is 2. The topological polar surface area (TPSA) is 41.1 Å². The summed E-state index contributed by atoms with van der Waals surface area (Å²) in [5.74, 6) is 0.869. The predicted molar refractivity (Wildman–Crippen MR) is 75.9 cm³/mol. The molecule has 1 unspecified atom stereocenters. The fourth-order valence-corrected chi connectivity index (χ4v) is 3.31. The Kier molecular flexibility index (Phi) is 3.83. The minimum Gasteiger partial charge on any atom is -0.355 e. The van der Waals surface area contributed by atoms with Crippen LogP contribution >= 0.6 is 0 Å². The van der Waals surface area contributed by atoms with E-state index in [1.807, 2.05) is 12.1 Å². The molecule has 3 nitrogen and oxygen atoms in total. The first-order chi connectivity index (χ1) is 9.34. The molecule has 1 atom stereocenters. The maximum absolute atomic E-state index is 12.4. The van der Waals surface area contributed by atoms with Crippen molar-refractivity contribution in [2.75, 3.05) is 13.1 Å². The fourth-order valence-electron chi connectivity index (χ4n) is 3.31. The smallest absolute Gasteiger partial charge is 0.228 e. The molecule has 0 bridgehead atoms. The number of nitrogens with one attached hydrogen (secondary N) is 2. The van der Waals surface area contributed by atoms with E-state index in [-0.39, 0.29) is 11.8 Å². The Morgan fingerprint density at radius 2 is 2.05 bits per heavy atom. The number of hydrogen-bond donors (Lipinski definition) is 2. The van der Waals surface area contributed by atoms with Gasteiger partial charge in [-0.3, -0.25) is 4.79 Å². The molecule has 1 saturated carbocycles. The summed E-state index contributed by atoms with van der Waals surface area (Å²) >= 11 is 0. The third kappa shape index (κ3) is 2.81. The monoisotopic (exact) mass is 258 g/mol. The van der Waals surface area contributed by atoms with Gasteiger partial charge >= 0.3 is 0 Å². The van der Waals surface area contributed by atoms with Crippen LogP contribution in [0.4, 0.5) is 0 Å². The highest BCUT2D eigenvalue weighted by molar-refractivity contribution is 5.84. The van der Waals surface area contributed by atoms with Gasteiger partial charge in [-0.05, 0) is 29.9 Å². The zero-order valence-electron chi connectivity index (χ0n) is 11.3. The van der Waals surface area contributed by atoms with E-state index in [0.29, 0.717) is 5.92 Å². The third-order valence-electron chi connectivity index (χ3n) is 4.45. The summed E-state index contributed by atoms with van der Waals surface area (Å²) in [5.41, 5.74) is 2.46. The van der Waals surface area contributed by atoms with Gasteiger partial charge in [0.1, 0.15) is 0 Å².